The van der Waals surface area contributed by atoms with Gasteiger partial charge in [-0.3, -0.25) is 4.79 Å². The zero-order valence-corrected chi connectivity index (χ0v) is 8.67. The van der Waals surface area contributed by atoms with Crippen LogP contribution in [0.2, 0.25) is 0 Å². The maximum Gasteiger partial charge on any atom is 0.327 e. The van der Waals surface area contributed by atoms with Crippen molar-refractivity contribution < 1.29 is 14.7 Å². The molecule has 0 unspecified atom stereocenters. The van der Waals surface area contributed by atoms with Crippen molar-refractivity contribution in [1.29, 1.82) is 0 Å². The van der Waals surface area contributed by atoms with Gasteiger partial charge in [-0.2, -0.15) is 0 Å². The summed E-state index contributed by atoms with van der Waals surface area (Å²) in [5, 5.41) is 8.85. The number of rotatable bonds is 2. The van der Waals surface area contributed by atoms with Gasteiger partial charge in [-0.15, -0.1) is 11.8 Å². The molecule has 0 saturated carbocycles. The topological polar surface area (TPSA) is 57.6 Å². The molecule has 1 aliphatic rings. The smallest absolute Gasteiger partial charge is 0.327 e. The van der Waals surface area contributed by atoms with Crippen molar-refractivity contribution in [3.8, 4) is 0 Å². The molecule has 1 N–H and O–H groups in total. The molecule has 0 aliphatic carbocycles. The molecule has 1 rings (SSSR count). The zero-order valence-electron chi connectivity index (χ0n) is 7.85. The molecule has 0 radical (unpaired) electrons. The van der Waals surface area contributed by atoms with E-state index in [2.05, 4.69) is 0 Å². The third-order valence-electron chi connectivity index (χ3n) is 2.21. The summed E-state index contributed by atoms with van der Waals surface area (Å²) in [6.45, 7) is 5.53. The average Bonchev–Trinajstić information content (AvgIpc) is 2.18. The first kappa shape index (κ1) is 10.4. The normalized spacial score (nSPS) is 31.8. The summed E-state index contributed by atoms with van der Waals surface area (Å²) in [5.74, 6) is -0.933. The predicted molar refractivity (Wildman–Crippen MR) is 50.5 cm³/mol. The second-order valence-corrected chi connectivity index (χ2v) is 5.54. The third-order valence-corrected chi connectivity index (χ3v) is 3.62. The molecule has 1 amide bonds. The molecule has 1 aliphatic heterocycles. The fourth-order valence-electron chi connectivity index (χ4n) is 1.65. The van der Waals surface area contributed by atoms with Gasteiger partial charge in [0.1, 0.15) is 6.04 Å². The second-order valence-electron chi connectivity index (χ2n) is 3.57. The van der Waals surface area contributed by atoms with Gasteiger partial charge in [0.25, 0.3) is 0 Å². The van der Waals surface area contributed by atoms with Crippen molar-refractivity contribution in [3.05, 3.63) is 0 Å². The van der Waals surface area contributed by atoms with Gasteiger partial charge in [0, 0.05) is 5.25 Å². The number of carboxylic acids is 1. The molecule has 0 aromatic carbocycles. The monoisotopic (exact) mass is 203 g/mol. The van der Waals surface area contributed by atoms with Crippen LogP contribution in [0.5, 0.6) is 0 Å². The number of aliphatic carboxylic acids is 1. The Kier molecular flexibility index (Phi) is 2.56. The minimum absolute atomic E-state index is 0.0577. The van der Waals surface area contributed by atoms with Gasteiger partial charge in [0.05, 0.1) is 4.87 Å². The van der Waals surface area contributed by atoms with E-state index in [-0.39, 0.29) is 5.25 Å². The van der Waals surface area contributed by atoms with Crippen molar-refractivity contribution >= 4 is 24.1 Å². The van der Waals surface area contributed by atoms with Crippen LogP contribution in [0.25, 0.3) is 0 Å². The number of carboxylic acid groups (broad SMARTS) is 1. The van der Waals surface area contributed by atoms with Gasteiger partial charge in [0.2, 0.25) is 6.41 Å². The van der Waals surface area contributed by atoms with E-state index in [1.165, 1.54) is 16.7 Å². The molecule has 0 bridgehead atoms. The summed E-state index contributed by atoms with van der Waals surface area (Å²) in [7, 11) is 0. The van der Waals surface area contributed by atoms with Gasteiger partial charge < -0.3 is 10.0 Å². The fourth-order valence-corrected chi connectivity index (χ4v) is 3.22. The minimum Gasteiger partial charge on any atom is -0.480 e. The first-order valence-corrected chi connectivity index (χ1v) is 4.92. The van der Waals surface area contributed by atoms with E-state index in [1.54, 1.807) is 0 Å². The molecular weight excluding hydrogens is 190 g/mol. The Morgan fingerprint density at radius 3 is 2.46 bits per heavy atom. The van der Waals surface area contributed by atoms with Crippen molar-refractivity contribution in [1.82, 2.24) is 4.90 Å². The minimum atomic E-state index is -0.933. The number of nitrogens with zero attached hydrogens (tertiary/aromatic N) is 1. The molecule has 1 fully saturated rings. The molecule has 0 aromatic heterocycles. The van der Waals surface area contributed by atoms with Crippen LogP contribution < -0.4 is 0 Å². The lowest BCUT2D eigenvalue weighted by molar-refractivity contribution is -0.147. The quantitative estimate of drug-likeness (QED) is 0.673. The van der Waals surface area contributed by atoms with Crippen LogP contribution in [0.3, 0.4) is 0 Å². The van der Waals surface area contributed by atoms with Crippen LogP contribution in [0.1, 0.15) is 20.8 Å². The van der Waals surface area contributed by atoms with Crippen LogP contribution in [0, 0.1) is 0 Å². The van der Waals surface area contributed by atoms with E-state index in [4.69, 9.17) is 5.11 Å². The van der Waals surface area contributed by atoms with Gasteiger partial charge in [0.15, 0.2) is 0 Å². The van der Waals surface area contributed by atoms with E-state index >= 15 is 0 Å². The third kappa shape index (κ3) is 1.65. The molecule has 74 valence electrons. The highest BCUT2D eigenvalue weighted by Crippen LogP contribution is 2.42. The zero-order chi connectivity index (χ0) is 10.2. The first-order valence-electron chi connectivity index (χ1n) is 4.04. The second kappa shape index (κ2) is 3.21. The molecule has 13 heavy (non-hydrogen) atoms. The molecule has 1 heterocycles. The van der Waals surface area contributed by atoms with E-state index in [0.717, 1.165) is 0 Å². The van der Waals surface area contributed by atoms with Gasteiger partial charge in [-0.05, 0) is 13.8 Å². The lowest BCUT2D eigenvalue weighted by Gasteiger charge is -2.28. The largest absolute Gasteiger partial charge is 0.480 e. The highest BCUT2D eigenvalue weighted by Gasteiger charge is 2.47. The Bertz CT molecular complexity index is 242. The maximum atomic E-state index is 10.9. The molecule has 0 aromatic rings. The number of thioether (sulfide) groups is 1. The summed E-state index contributed by atoms with van der Waals surface area (Å²) in [6, 6.07) is -0.697. The maximum absolute atomic E-state index is 10.9. The Balaban J connectivity index is 2.96. The summed E-state index contributed by atoms with van der Waals surface area (Å²) in [5.41, 5.74) is 0. The fraction of sp³-hybridized carbons (Fsp3) is 0.750. The molecule has 4 nitrogen and oxygen atoms in total. The molecule has 0 spiro atoms. The van der Waals surface area contributed by atoms with Crippen LogP contribution >= 0.6 is 11.8 Å². The molecule has 5 heteroatoms. The predicted octanol–water partition coefficient (Wildman–Crippen LogP) is 0.769. The number of hydrogen-bond acceptors (Lipinski definition) is 3. The van der Waals surface area contributed by atoms with Crippen LogP contribution in [-0.2, 0) is 9.59 Å². The SMILES string of the molecule is C[C@@H]1SC(C)(C)N(C=O)[C@@H]1C(=O)O. The molecular formula is C8H13NO3S. The average molecular weight is 203 g/mol. The lowest BCUT2D eigenvalue weighted by atomic mass is 10.1. The van der Waals surface area contributed by atoms with E-state index in [0.29, 0.717) is 6.41 Å². The van der Waals surface area contributed by atoms with Gasteiger partial charge >= 0.3 is 5.97 Å². The molecule has 2 atom stereocenters. The lowest BCUT2D eigenvalue weighted by Crippen LogP contribution is -2.46. The number of hydrogen-bond donors (Lipinski definition) is 1. The highest BCUT2D eigenvalue weighted by molar-refractivity contribution is 8.01. The summed E-state index contributed by atoms with van der Waals surface area (Å²) < 4.78 is 0. The number of amides is 1. The standard InChI is InChI=1S/C8H13NO3S/c1-5-6(7(11)12)9(4-10)8(2,3)13-5/h4-6H,1-3H3,(H,11,12)/t5-,6-/m0/s1. The van der Waals surface area contributed by atoms with Gasteiger partial charge in [-0.25, -0.2) is 4.79 Å². The van der Waals surface area contributed by atoms with Gasteiger partial charge in [-0.1, -0.05) is 6.92 Å². The Morgan fingerprint density at radius 1 is 1.62 bits per heavy atom. The Labute approximate surface area is 81.3 Å². The van der Waals surface area contributed by atoms with E-state index in [1.807, 2.05) is 20.8 Å². The van der Waals surface area contributed by atoms with Crippen molar-refractivity contribution in [2.75, 3.05) is 0 Å². The Morgan fingerprint density at radius 2 is 2.15 bits per heavy atom. The highest BCUT2D eigenvalue weighted by atomic mass is 32.2. The van der Waals surface area contributed by atoms with Crippen LogP contribution in [0.15, 0.2) is 0 Å². The summed E-state index contributed by atoms with van der Waals surface area (Å²) in [4.78, 5) is 22.5. The summed E-state index contributed by atoms with van der Waals surface area (Å²) in [6.07, 6.45) is 0.620. The van der Waals surface area contributed by atoms with Crippen LogP contribution in [0.4, 0.5) is 0 Å². The first-order chi connectivity index (χ1) is 5.90. The van der Waals surface area contributed by atoms with E-state index < -0.39 is 16.9 Å². The number of carbonyl (C=O) groups is 2. The van der Waals surface area contributed by atoms with Crippen molar-refractivity contribution in [3.63, 3.8) is 0 Å². The number of carbonyl (C=O) groups excluding carboxylic acids is 1. The Hall–Kier alpha value is -0.710. The van der Waals surface area contributed by atoms with Crippen LogP contribution in [-0.4, -0.2) is 38.5 Å². The summed E-state index contributed by atoms with van der Waals surface area (Å²) >= 11 is 1.51. The molecule has 1 saturated heterocycles. The van der Waals surface area contributed by atoms with Crippen molar-refractivity contribution in [2.45, 2.75) is 36.9 Å². The van der Waals surface area contributed by atoms with Crippen molar-refractivity contribution in [2.24, 2.45) is 0 Å². The van der Waals surface area contributed by atoms with E-state index in [9.17, 15) is 9.59 Å².